The van der Waals surface area contributed by atoms with Crippen molar-refractivity contribution in [2.75, 3.05) is 32.8 Å². The van der Waals surface area contributed by atoms with Gasteiger partial charge in [-0.2, -0.15) is 0 Å². The van der Waals surface area contributed by atoms with E-state index in [0.29, 0.717) is 13.2 Å². The van der Waals surface area contributed by atoms with E-state index >= 15 is 0 Å². The summed E-state index contributed by atoms with van der Waals surface area (Å²) in [5, 5.41) is 19.5. The van der Waals surface area contributed by atoms with Gasteiger partial charge in [-0.3, -0.25) is 9.69 Å². The lowest BCUT2D eigenvalue weighted by molar-refractivity contribution is -0.151. The van der Waals surface area contributed by atoms with Gasteiger partial charge >= 0.3 is 6.09 Å². The van der Waals surface area contributed by atoms with Gasteiger partial charge in [-0.1, -0.05) is 0 Å². The van der Waals surface area contributed by atoms with Crippen LogP contribution in [0.4, 0.5) is 4.79 Å². The lowest BCUT2D eigenvalue weighted by Crippen LogP contribution is -2.62. The van der Waals surface area contributed by atoms with Crippen molar-refractivity contribution < 1.29 is 24.5 Å². The van der Waals surface area contributed by atoms with Crippen LogP contribution in [0.1, 0.15) is 32.6 Å². The number of piperidine rings is 1. The van der Waals surface area contributed by atoms with Gasteiger partial charge in [0.05, 0.1) is 25.3 Å². The van der Waals surface area contributed by atoms with Gasteiger partial charge in [-0.05, 0) is 44.6 Å². The van der Waals surface area contributed by atoms with E-state index in [9.17, 15) is 19.8 Å². The zero-order valence-corrected chi connectivity index (χ0v) is 14.6. The standard InChI is InChI=1S/C17H27N3O5/c1-11-15(22)20-12(10-25-14(20)9-19(11)16(23)24)2-6-18-7-5-17(3-4-17)13(21)8-18/h11-14,21H,2-10H2,1H3,(H,23,24)/t11-,12-,13?,14+/m0/s1. The van der Waals surface area contributed by atoms with E-state index in [2.05, 4.69) is 4.90 Å². The first-order valence-corrected chi connectivity index (χ1v) is 9.25. The van der Waals surface area contributed by atoms with Crippen molar-refractivity contribution in [3.63, 3.8) is 0 Å². The Balaban J connectivity index is 1.33. The Hall–Kier alpha value is -1.38. The Bertz CT molecular complexity index is 566. The molecule has 2 amide bonds. The molecule has 8 nitrogen and oxygen atoms in total. The summed E-state index contributed by atoms with van der Waals surface area (Å²) in [6.45, 7) is 4.85. The highest BCUT2D eigenvalue weighted by molar-refractivity contribution is 5.86. The Morgan fingerprint density at radius 3 is 2.72 bits per heavy atom. The van der Waals surface area contributed by atoms with E-state index in [4.69, 9.17) is 4.74 Å². The van der Waals surface area contributed by atoms with Gasteiger partial charge < -0.3 is 24.7 Å². The normalized spacial score (nSPS) is 37.4. The maximum atomic E-state index is 12.6. The average Bonchev–Trinajstić information content (AvgIpc) is 3.24. The van der Waals surface area contributed by atoms with Crippen LogP contribution in [-0.4, -0.2) is 94.1 Å². The molecule has 1 unspecified atom stereocenters. The maximum absolute atomic E-state index is 12.6. The quantitative estimate of drug-likeness (QED) is 0.751. The van der Waals surface area contributed by atoms with Crippen molar-refractivity contribution in [1.82, 2.24) is 14.7 Å². The number of carbonyl (C=O) groups excluding carboxylic acids is 1. The molecule has 140 valence electrons. The van der Waals surface area contributed by atoms with Gasteiger partial charge in [0.15, 0.2) is 6.23 Å². The largest absolute Gasteiger partial charge is 0.465 e. The van der Waals surface area contributed by atoms with E-state index in [1.807, 2.05) is 0 Å². The molecule has 0 aromatic rings. The second-order valence-electron chi connectivity index (χ2n) is 8.02. The molecule has 25 heavy (non-hydrogen) atoms. The van der Waals surface area contributed by atoms with Gasteiger partial charge in [-0.25, -0.2) is 4.79 Å². The molecule has 0 bridgehead atoms. The van der Waals surface area contributed by atoms with Gasteiger partial charge in [0, 0.05) is 13.1 Å². The van der Waals surface area contributed by atoms with Crippen LogP contribution in [0.15, 0.2) is 0 Å². The molecule has 1 spiro atoms. The van der Waals surface area contributed by atoms with Crippen molar-refractivity contribution in [3.05, 3.63) is 0 Å². The first-order valence-electron chi connectivity index (χ1n) is 9.25. The number of aliphatic hydroxyl groups is 1. The van der Waals surface area contributed by atoms with Crippen LogP contribution in [0.3, 0.4) is 0 Å². The summed E-state index contributed by atoms with van der Waals surface area (Å²) in [6.07, 6.45) is 2.39. The zero-order valence-electron chi connectivity index (χ0n) is 14.6. The van der Waals surface area contributed by atoms with Gasteiger partial charge in [0.2, 0.25) is 5.91 Å². The molecule has 0 aromatic carbocycles. The summed E-state index contributed by atoms with van der Waals surface area (Å²) in [5.41, 5.74) is 0.205. The Kier molecular flexibility index (Phi) is 4.16. The van der Waals surface area contributed by atoms with Crippen LogP contribution in [0.2, 0.25) is 0 Å². The van der Waals surface area contributed by atoms with Crippen LogP contribution in [0.25, 0.3) is 0 Å². The number of aliphatic hydroxyl groups excluding tert-OH is 1. The molecule has 3 saturated heterocycles. The molecule has 0 radical (unpaired) electrons. The third-order valence-corrected chi connectivity index (χ3v) is 6.60. The Labute approximate surface area is 147 Å². The number of amides is 2. The molecule has 4 aliphatic rings. The lowest BCUT2D eigenvalue weighted by Gasteiger charge is -2.41. The number of carboxylic acid groups (broad SMARTS) is 1. The molecule has 3 heterocycles. The van der Waals surface area contributed by atoms with Crippen molar-refractivity contribution >= 4 is 12.0 Å². The summed E-state index contributed by atoms with van der Waals surface area (Å²) in [4.78, 5) is 29.1. The van der Waals surface area contributed by atoms with Crippen LogP contribution < -0.4 is 0 Å². The number of hydrogen-bond acceptors (Lipinski definition) is 5. The molecule has 4 fully saturated rings. The summed E-state index contributed by atoms with van der Waals surface area (Å²) in [7, 11) is 0. The fourth-order valence-corrected chi connectivity index (χ4v) is 4.58. The van der Waals surface area contributed by atoms with Crippen LogP contribution in [0.5, 0.6) is 0 Å². The summed E-state index contributed by atoms with van der Waals surface area (Å²) in [5.74, 6) is -0.170. The molecule has 2 N–H and O–H groups in total. The molecule has 3 aliphatic heterocycles. The predicted octanol–water partition coefficient (Wildman–Crippen LogP) is 0.159. The number of carbonyl (C=O) groups is 2. The average molecular weight is 353 g/mol. The van der Waals surface area contributed by atoms with Gasteiger partial charge in [0.1, 0.15) is 6.04 Å². The molecule has 1 saturated carbocycles. The molecule has 4 atom stereocenters. The second kappa shape index (κ2) is 6.10. The van der Waals surface area contributed by atoms with Crippen LogP contribution in [-0.2, 0) is 9.53 Å². The van der Waals surface area contributed by atoms with Crippen molar-refractivity contribution in [1.29, 1.82) is 0 Å². The van der Waals surface area contributed by atoms with Crippen LogP contribution >= 0.6 is 0 Å². The van der Waals surface area contributed by atoms with Crippen molar-refractivity contribution in [2.45, 2.75) is 57.0 Å². The smallest absolute Gasteiger partial charge is 0.408 e. The Morgan fingerprint density at radius 2 is 2.08 bits per heavy atom. The number of fused-ring (bicyclic) bond motifs is 1. The summed E-state index contributed by atoms with van der Waals surface area (Å²) >= 11 is 0. The number of ether oxygens (including phenoxy) is 1. The summed E-state index contributed by atoms with van der Waals surface area (Å²) in [6, 6.07) is -0.672. The SMILES string of the molecule is C[C@H]1C(=O)N2[C@@H](CCN3CCC4(CC4)C(O)C3)CO[C@@H]2CN1C(=O)O. The summed E-state index contributed by atoms with van der Waals surface area (Å²) < 4.78 is 5.70. The highest BCUT2D eigenvalue weighted by atomic mass is 16.5. The van der Waals surface area contributed by atoms with E-state index in [1.165, 1.54) is 0 Å². The van der Waals surface area contributed by atoms with Gasteiger partial charge in [-0.15, -0.1) is 0 Å². The topological polar surface area (TPSA) is 93.6 Å². The molecule has 8 heteroatoms. The number of β-amino-alcohol motifs (C(OH)–C–C–N with tert-alkyl or cyclic N) is 1. The molecular formula is C17H27N3O5. The zero-order chi connectivity index (χ0) is 17.8. The Morgan fingerprint density at radius 1 is 1.32 bits per heavy atom. The molecule has 0 aromatic heterocycles. The minimum absolute atomic E-state index is 0.00940. The predicted molar refractivity (Wildman–Crippen MR) is 87.9 cm³/mol. The van der Waals surface area contributed by atoms with E-state index < -0.39 is 18.4 Å². The molecule has 1 aliphatic carbocycles. The van der Waals surface area contributed by atoms with E-state index in [1.54, 1.807) is 11.8 Å². The number of hydrogen-bond donors (Lipinski definition) is 2. The minimum Gasteiger partial charge on any atom is -0.465 e. The van der Waals surface area contributed by atoms with Crippen LogP contribution in [0, 0.1) is 5.41 Å². The molecule has 4 rings (SSSR count). The highest BCUT2D eigenvalue weighted by Crippen LogP contribution is 2.53. The van der Waals surface area contributed by atoms with Gasteiger partial charge in [0.25, 0.3) is 0 Å². The lowest BCUT2D eigenvalue weighted by atomic mass is 9.90. The second-order valence-corrected chi connectivity index (χ2v) is 8.02. The third kappa shape index (κ3) is 2.90. The first kappa shape index (κ1) is 17.1. The fraction of sp³-hybridized carbons (Fsp3) is 0.882. The van der Waals surface area contributed by atoms with E-state index in [-0.39, 0.29) is 30.0 Å². The van der Waals surface area contributed by atoms with E-state index in [0.717, 1.165) is 43.7 Å². The minimum atomic E-state index is -1.08. The first-order chi connectivity index (χ1) is 11.9. The number of piperazine rings is 1. The third-order valence-electron chi connectivity index (χ3n) is 6.60. The maximum Gasteiger partial charge on any atom is 0.408 e. The van der Waals surface area contributed by atoms with Crippen molar-refractivity contribution in [2.24, 2.45) is 5.41 Å². The number of likely N-dealkylation sites (tertiary alicyclic amines) is 1. The monoisotopic (exact) mass is 353 g/mol. The molecular weight excluding hydrogens is 326 g/mol. The number of rotatable bonds is 3. The fourth-order valence-electron chi connectivity index (χ4n) is 4.58. The van der Waals surface area contributed by atoms with Crippen molar-refractivity contribution in [3.8, 4) is 0 Å². The highest BCUT2D eigenvalue weighted by Gasteiger charge is 2.51. The number of nitrogens with zero attached hydrogens (tertiary/aromatic N) is 3.